The molecule has 2 rings (SSSR count). The molecule has 0 spiro atoms. The Hall–Kier alpha value is -0.530. The van der Waals surface area contributed by atoms with E-state index in [9.17, 15) is 0 Å². The summed E-state index contributed by atoms with van der Waals surface area (Å²) in [5.41, 5.74) is 6.24. The molecule has 0 aromatic rings. The highest BCUT2D eigenvalue weighted by Crippen LogP contribution is 2.32. The van der Waals surface area contributed by atoms with Gasteiger partial charge in [-0.1, -0.05) is 46.0 Å². The van der Waals surface area contributed by atoms with Gasteiger partial charge in [-0.15, -0.1) is 0 Å². The average Bonchev–Trinajstić information content (AvgIpc) is 2.36. The fourth-order valence-electron chi connectivity index (χ4n) is 3.43. The Morgan fingerprint density at radius 2 is 1.65 bits per heavy atom. The number of nitrogens with two attached hydrogens (primary N) is 1. The molecule has 2 aliphatic carbocycles. The summed E-state index contributed by atoms with van der Waals surface area (Å²) in [6.45, 7) is 4.72. The molecule has 2 heteroatoms. The number of amidine groups is 1. The van der Waals surface area contributed by atoms with Crippen LogP contribution in [0.25, 0.3) is 0 Å². The lowest BCUT2D eigenvalue weighted by Gasteiger charge is -2.32. The highest BCUT2D eigenvalue weighted by Gasteiger charge is 2.27. The van der Waals surface area contributed by atoms with Gasteiger partial charge < -0.3 is 5.73 Å². The van der Waals surface area contributed by atoms with Gasteiger partial charge in [0, 0.05) is 5.92 Å². The van der Waals surface area contributed by atoms with Crippen molar-refractivity contribution in [2.45, 2.75) is 71.3 Å². The van der Waals surface area contributed by atoms with Crippen molar-refractivity contribution in [2.24, 2.45) is 28.5 Å². The Labute approximate surface area is 106 Å². The molecule has 17 heavy (non-hydrogen) atoms. The Bertz CT molecular complexity index is 266. The van der Waals surface area contributed by atoms with E-state index in [-0.39, 0.29) is 0 Å². The zero-order chi connectivity index (χ0) is 12.3. The summed E-state index contributed by atoms with van der Waals surface area (Å²) in [5, 5.41) is 0. The quantitative estimate of drug-likeness (QED) is 0.575. The zero-order valence-electron chi connectivity index (χ0n) is 11.5. The Morgan fingerprint density at radius 3 is 2.35 bits per heavy atom. The van der Waals surface area contributed by atoms with Crippen molar-refractivity contribution < 1.29 is 0 Å². The molecule has 2 aliphatic rings. The number of hydrogen-bond donors (Lipinski definition) is 1. The lowest BCUT2D eigenvalue weighted by atomic mass is 9.78. The van der Waals surface area contributed by atoms with Gasteiger partial charge in [-0.2, -0.15) is 0 Å². The van der Waals surface area contributed by atoms with Crippen LogP contribution in [0.15, 0.2) is 4.99 Å². The largest absolute Gasteiger partial charge is 0.387 e. The van der Waals surface area contributed by atoms with Gasteiger partial charge in [-0.05, 0) is 31.1 Å². The second kappa shape index (κ2) is 5.88. The van der Waals surface area contributed by atoms with E-state index < -0.39 is 0 Å². The first kappa shape index (κ1) is 12.9. The van der Waals surface area contributed by atoms with Gasteiger partial charge in [-0.25, -0.2) is 0 Å². The van der Waals surface area contributed by atoms with E-state index in [1.807, 2.05) is 0 Å². The van der Waals surface area contributed by atoms with Crippen LogP contribution in [0.1, 0.15) is 65.2 Å². The fourth-order valence-corrected chi connectivity index (χ4v) is 3.43. The van der Waals surface area contributed by atoms with Crippen LogP contribution < -0.4 is 5.73 Å². The SMILES string of the molecule is CC1CCCC(N=C(N)C2CCCCC2)C1C. The molecule has 0 amide bonds. The first-order valence-corrected chi connectivity index (χ1v) is 7.51. The molecule has 0 radical (unpaired) electrons. The molecular formula is C15H28N2. The van der Waals surface area contributed by atoms with Gasteiger partial charge in [0.25, 0.3) is 0 Å². The second-order valence-corrected chi connectivity index (χ2v) is 6.22. The predicted molar refractivity (Wildman–Crippen MR) is 74.2 cm³/mol. The van der Waals surface area contributed by atoms with Crippen LogP contribution in [0.3, 0.4) is 0 Å². The first-order chi connectivity index (χ1) is 8.18. The van der Waals surface area contributed by atoms with E-state index in [4.69, 9.17) is 10.7 Å². The molecule has 3 unspecified atom stereocenters. The van der Waals surface area contributed by atoms with Crippen LogP contribution in [0, 0.1) is 17.8 Å². The fraction of sp³-hybridized carbons (Fsp3) is 0.933. The summed E-state index contributed by atoms with van der Waals surface area (Å²) in [5.74, 6) is 3.09. The summed E-state index contributed by atoms with van der Waals surface area (Å²) in [6, 6.07) is 0.501. The number of nitrogens with zero attached hydrogens (tertiary/aromatic N) is 1. The summed E-state index contributed by atoms with van der Waals surface area (Å²) >= 11 is 0. The van der Waals surface area contributed by atoms with Crippen molar-refractivity contribution in [3.8, 4) is 0 Å². The van der Waals surface area contributed by atoms with E-state index in [1.165, 1.54) is 51.4 Å². The Morgan fingerprint density at radius 1 is 0.941 bits per heavy atom. The van der Waals surface area contributed by atoms with Crippen LogP contribution in [0.2, 0.25) is 0 Å². The zero-order valence-corrected chi connectivity index (χ0v) is 11.5. The predicted octanol–water partition coefficient (Wildman–Crippen LogP) is 3.75. The first-order valence-electron chi connectivity index (χ1n) is 7.51. The van der Waals surface area contributed by atoms with Crippen molar-refractivity contribution in [1.29, 1.82) is 0 Å². The monoisotopic (exact) mass is 236 g/mol. The molecule has 2 nitrogen and oxygen atoms in total. The lowest BCUT2D eigenvalue weighted by Crippen LogP contribution is -2.33. The van der Waals surface area contributed by atoms with Crippen molar-refractivity contribution in [2.75, 3.05) is 0 Å². The number of hydrogen-bond acceptors (Lipinski definition) is 1. The van der Waals surface area contributed by atoms with Crippen LogP contribution in [0.5, 0.6) is 0 Å². The second-order valence-electron chi connectivity index (χ2n) is 6.22. The molecule has 0 aromatic carbocycles. The molecule has 98 valence electrons. The normalized spacial score (nSPS) is 37.1. The minimum Gasteiger partial charge on any atom is -0.387 e. The number of aliphatic imine (C=N–C) groups is 1. The van der Waals surface area contributed by atoms with E-state index in [2.05, 4.69) is 13.8 Å². The lowest BCUT2D eigenvalue weighted by molar-refractivity contribution is 0.240. The van der Waals surface area contributed by atoms with E-state index in [1.54, 1.807) is 0 Å². The van der Waals surface area contributed by atoms with Gasteiger partial charge in [0.2, 0.25) is 0 Å². The highest BCUT2D eigenvalue weighted by molar-refractivity contribution is 5.83. The van der Waals surface area contributed by atoms with Crippen molar-refractivity contribution >= 4 is 5.84 Å². The highest BCUT2D eigenvalue weighted by atomic mass is 14.9. The topological polar surface area (TPSA) is 38.4 Å². The summed E-state index contributed by atoms with van der Waals surface area (Å²) < 4.78 is 0. The molecule has 2 saturated carbocycles. The van der Waals surface area contributed by atoms with Gasteiger partial charge in [-0.3, -0.25) is 4.99 Å². The third kappa shape index (κ3) is 3.23. The summed E-state index contributed by atoms with van der Waals surface area (Å²) in [7, 11) is 0. The van der Waals surface area contributed by atoms with Crippen LogP contribution in [-0.4, -0.2) is 11.9 Å². The third-order valence-corrected chi connectivity index (χ3v) is 5.00. The average molecular weight is 236 g/mol. The van der Waals surface area contributed by atoms with Gasteiger partial charge in [0.05, 0.1) is 11.9 Å². The molecule has 2 N–H and O–H groups in total. The Kier molecular flexibility index (Phi) is 4.47. The smallest absolute Gasteiger partial charge is 0.0971 e. The van der Waals surface area contributed by atoms with Gasteiger partial charge in [0.15, 0.2) is 0 Å². The molecule has 2 fully saturated rings. The van der Waals surface area contributed by atoms with Gasteiger partial charge >= 0.3 is 0 Å². The van der Waals surface area contributed by atoms with E-state index in [0.717, 1.165) is 11.8 Å². The molecule has 0 saturated heterocycles. The molecule has 0 heterocycles. The van der Waals surface area contributed by atoms with Crippen molar-refractivity contribution in [1.82, 2.24) is 0 Å². The maximum absolute atomic E-state index is 6.24. The summed E-state index contributed by atoms with van der Waals surface area (Å²) in [4.78, 5) is 4.89. The Balaban J connectivity index is 1.96. The minimum absolute atomic E-state index is 0.501. The number of rotatable bonds is 2. The molecule has 0 aliphatic heterocycles. The maximum atomic E-state index is 6.24. The standard InChI is InChI=1S/C15H28N2/c1-11-7-6-10-14(12(11)2)17-15(16)13-8-4-3-5-9-13/h11-14H,3-10H2,1-2H3,(H2,16,17). The molecule has 3 atom stereocenters. The van der Waals surface area contributed by atoms with Crippen molar-refractivity contribution in [3.05, 3.63) is 0 Å². The maximum Gasteiger partial charge on any atom is 0.0971 e. The van der Waals surface area contributed by atoms with Gasteiger partial charge in [0.1, 0.15) is 0 Å². The van der Waals surface area contributed by atoms with Crippen molar-refractivity contribution in [3.63, 3.8) is 0 Å². The summed E-state index contributed by atoms with van der Waals surface area (Å²) in [6.07, 6.45) is 10.6. The molecule has 0 bridgehead atoms. The van der Waals surface area contributed by atoms with Crippen LogP contribution >= 0.6 is 0 Å². The molecular weight excluding hydrogens is 208 g/mol. The third-order valence-electron chi connectivity index (χ3n) is 5.00. The minimum atomic E-state index is 0.501. The van der Waals surface area contributed by atoms with Crippen LogP contribution in [-0.2, 0) is 0 Å². The molecule has 0 aromatic heterocycles. The van der Waals surface area contributed by atoms with Crippen LogP contribution in [0.4, 0.5) is 0 Å². The van der Waals surface area contributed by atoms with E-state index in [0.29, 0.717) is 17.9 Å². The van der Waals surface area contributed by atoms with E-state index >= 15 is 0 Å².